The molecular formula is C13H15N3O4. The lowest BCUT2D eigenvalue weighted by Gasteiger charge is -2.23. The number of hydrogen-bond acceptors (Lipinski definition) is 5. The van der Waals surface area contributed by atoms with Crippen molar-refractivity contribution in [1.82, 2.24) is 10.6 Å². The minimum atomic E-state index is -0.491. The van der Waals surface area contributed by atoms with E-state index in [9.17, 15) is 14.4 Å². The Hall–Kier alpha value is -2.41. The van der Waals surface area contributed by atoms with Crippen LogP contribution in [0.4, 0.5) is 5.69 Å². The SMILES string of the molecule is COC(=O)c1cccc(NC(=O)C2CNC(=O)CN2)c1. The molecule has 0 bridgehead atoms. The molecule has 2 rings (SSSR count). The third-order valence-corrected chi connectivity index (χ3v) is 2.88. The Balaban J connectivity index is 2.00. The predicted octanol–water partition coefficient (Wildman–Crippen LogP) is -0.500. The molecule has 7 heteroatoms. The number of carbonyl (C=O) groups is 3. The van der Waals surface area contributed by atoms with Gasteiger partial charge in [0.05, 0.1) is 19.2 Å². The highest BCUT2D eigenvalue weighted by molar-refractivity contribution is 5.98. The molecule has 2 amide bonds. The van der Waals surface area contributed by atoms with E-state index in [1.165, 1.54) is 13.2 Å². The summed E-state index contributed by atoms with van der Waals surface area (Å²) >= 11 is 0. The van der Waals surface area contributed by atoms with Crippen LogP contribution in [0.25, 0.3) is 0 Å². The van der Waals surface area contributed by atoms with E-state index in [1.807, 2.05) is 0 Å². The Labute approximate surface area is 115 Å². The molecule has 1 unspecified atom stereocenters. The third-order valence-electron chi connectivity index (χ3n) is 2.88. The van der Waals surface area contributed by atoms with Crippen molar-refractivity contribution in [3.63, 3.8) is 0 Å². The Bertz CT molecular complexity index is 534. The van der Waals surface area contributed by atoms with Crippen LogP contribution in [-0.2, 0) is 14.3 Å². The van der Waals surface area contributed by atoms with Gasteiger partial charge in [0.15, 0.2) is 0 Å². The summed E-state index contributed by atoms with van der Waals surface area (Å²) in [5.74, 6) is -0.877. The first-order valence-electron chi connectivity index (χ1n) is 6.09. The van der Waals surface area contributed by atoms with E-state index in [1.54, 1.807) is 18.2 Å². The minimum Gasteiger partial charge on any atom is -0.465 e. The van der Waals surface area contributed by atoms with E-state index in [0.717, 1.165) is 0 Å². The van der Waals surface area contributed by atoms with Gasteiger partial charge in [0.2, 0.25) is 11.8 Å². The van der Waals surface area contributed by atoms with Crippen molar-refractivity contribution in [3.8, 4) is 0 Å². The van der Waals surface area contributed by atoms with Crippen LogP contribution in [0.5, 0.6) is 0 Å². The molecule has 1 aromatic rings. The van der Waals surface area contributed by atoms with Crippen LogP contribution in [0.2, 0.25) is 0 Å². The Morgan fingerprint density at radius 3 is 2.85 bits per heavy atom. The fourth-order valence-electron chi connectivity index (χ4n) is 1.82. The van der Waals surface area contributed by atoms with Gasteiger partial charge in [0.1, 0.15) is 6.04 Å². The van der Waals surface area contributed by atoms with Crippen molar-refractivity contribution in [2.75, 3.05) is 25.5 Å². The molecule has 0 spiro atoms. The van der Waals surface area contributed by atoms with Gasteiger partial charge in [-0.25, -0.2) is 4.79 Å². The van der Waals surface area contributed by atoms with Crippen LogP contribution >= 0.6 is 0 Å². The van der Waals surface area contributed by atoms with Crippen molar-refractivity contribution in [1.29, 1.82) is 0 Å². The number of nitrogens with one attached hydrogen (secondary N) is 3. The molecule has 7 nitrogen and oxygen atoms in total. The van der Waals surface area contributed by atoms with Gasteiger partial charge in [0, 0.05) is 12.2 Å². The van der Waals surface area contributed by atoms with Crippen LogP contribution in [-0.4, -0.2) is 44.0 Å². The molecule has 0 saturated carbocycles. The maximum atomic E-state index is 12.0. The van der Waals surface area contributed by atoms with Crippen molar-refractivity contribution in [3.05, 3.63) is 29.8 Å². The molecule has 1 aliphatic rings. The van der Waals surface area contributed by atoms with E-state index in [0.29, 0.717) is 11.3 Å². The highest BCUT2D eigenvalue weighted by Gasteiger charge is 2.23. The maximum Gasteiger partial charge on any atom is 0.337 e. The van der Waals surface area contributed by atoms with E-state index in [-0.39, 0.29) is 24.9 Å². The standard InChI is InChI=1S/C13H15N3O4/c1-20-13(19)8-3-2-4-9(5-8)16-12(18)10-6-15-11(17)7-14-10/h2-5,10,14H,6-7H2,1H3,(H,15,17)(H,16,18). The summed E-state index contributed by atoms with van der Waals surface area (Å²) in [5.41, 5.74) is 0.854. The summed E-state index contributed by atoms with van der Waals surface area (Å²) in [5, 5.41) is 8.11. The summed E-state index contributed by atoms with van der Waals surface area (Å²) in [4.78, 5) is 34.4. The fourth-order valence-corrected chi connectivity index (χ4v) is 1.82. The number of hydrogen-bond donors (Lipinski definition) is 3. The number of esters is 1. The Morgan fingerprint density at radius 2 is 2.20 bits per heavy atom. The largest absolute Gasteiger partial charge is 0.465 e. The summed E-state index contributed by atoms with van der Waals surface area (Å²) in [7, 11) is 1.29. The molecule has 106 valence electrons. The molecule has 3 N–H and O–H groups in total. The van der Waals surface area contributed by atoms with Gasteiger partial charge in [-0.05, 0) is 18.2 Å². The number of anilines is 1. The predicted molar refractivity (Wildman–Crippen MR) is 71.2 cm³/mol. The second-order valence-electron chi connectivity index (χ2n) is 4.30. The first-order chi connectivity index (χ1) is 9.60. The molecule has 0 aromatic heterocycles. The normalized spacial score (nSPS) is 18.1. The smallest absolute Gasteiger partial charge is 0.337 e. The zero-order valence-electron chi connectivity index (χ0n) is 10.9. The topological polar surface area (TPSA) is 96.5 Å². The second-order valence-corrected chi connectivity index (χ2v) is 4.30. The molecule has 1 atom stereocenters. The second kappa shape index (κ2) is 6.16. The quantitative estimate of drug-likeness (QED) is 0.647. The Kier molecular flexibility index (Phi) is 4.31. The number of rotatable bonds is 3. The molecule has 1 aromatic carbocycles. The highest BCUT2D eigenvalue weighted by atomic mass is 16.5. The van der Waals surface area contributed by atoms with E-state index < -0.39 is 12.0 Å². The summed E-state index contributed by atoms with van der Waals surface area (Å²) in [6, 6.07) is 5.96. The highest BCUT2D eigenvalue weighted by Crippen LogP contribution is 2.12. The van der Waals surface area contributed by atoms with Crippen LogP contribution < -0.4 is 16.0 Å². The Morgan fingerprint density at radius 1 is 1.40 bits per heavy atom. The molecule has 0 radical (unpaired) electrons. The van der Waals surface area contributed by atoms with Gasteiger partial charge in [-0.15, -0.1) is 0 Å². The number of carbonyl (C=O) groups excluding carboxylic acids is 3. The zero-order valence-corrected chi connectivity index (χ0v) is 10.9. The number of piperazine rings is 1. The van der Waals surface area contributed by atoms with Crippen LogP contribution in [0.15, 0.2) is 24.3 Å². The third kappa shape index (κ3) is 3.33. The number of amides is 2. The molecule has 1 heterocycles. The van der Waals surface area contributed by atoms with Gasteiger partial charge in [-0.2, -0.15) is 0 Å². The van der Waals surface area contributed by atoms with Gasteiger partial charge in [-0.1, -0.05) is 6.07 Å². The van der Waals surface area contributed by atoms with Crippen LogP contribution in [0, 0.1) is 0 Å². The summed E-state index contributed by atoms with van der Waals surface area (Å²) in [6.07, 6.45) is 0. The molecule has 20 heavy (non-hydrogen) atoms. The lowest BCUT2D eigenvalue weighted by atomic mass is 10.1. The first-order valence-corrected chi connectivity index (χ1v) is 6.09. The minimum absolute atomic E-state index is 0.111. The van der Waals surface area contributed by atoms with Gasteiger partial charge in [0.25, 0.3) is 0 Å². The van der Waals surface area contributed by atoms with E-state index >= 15 is 0 Å². The van der Waals surface area contributed by atoms with Gasteiger partial charge >= 0.3 is 5.97 Å². The van der Waals surface area contributed by atoms with Crippen LogP contribution in [0.1, 0.15) is 10.4 Å². The van der Waals surface area contributed by atoms with Crippen molar-refractivity contribution >= 4 is 23.5 Å². The number of benzene rings is 1. The number of methoxy groups -OCH3 is 1. The van der Waals surface area contributed by atoms with Crippen molar-refractivity contribution < 1.29 is 19.1 Å². The zero-order chi connectivity index (χ0) is 14.5. The van der Waals surface area contributed by atoms with Gasteiger partial charge in [-0.3, -0.25) is 14.9 Å². The van der Waals surface area contributed by atoms with Crippen LogP contribution in [0.3, 0.4) is 0 Å². The van der Waals surface area contributed by atoms with E-state index in [4.69, 9.17) is 0 Å². The maximum absolute atomic E-state index is 12.0. The molecule has 1 aliphatic heterocycles. The van der Waals surface area contributed by atoms with E-state index in [2.05, 4.69) is 20.7 Å². The first kappa shape index (κ1) is 14.0. The summed E-state index contributed by atoms with van der Waals surface area (Å²) < 4.78 is 4.61. The lowest BCUT2D eigenvalue weighted by Crippen LogP contribution is -2.56. The molecule has 1 fully saturated rings. The lowest BCUT2D eigenvalue weighted by molar-refractivity contribution is -0.124. The summed E-state index contributed by atoms with van der Waals surface area (Å²) in [6.45, 7) is 0.349. The molecule has 0 aliphatic carbocycles. The average Bonchev–Trinajstić information content (AvgIpc) is 2.47. The fraction of sp³-hybridized carbons (Fsp3) is 0.308. The number of ether oxygens (including phenoxy) is 1. The molecular weight excluding hydrogens is 262 g/mol. The van der Waals surface area contributed by atoms with Crippen molar-refractivity contribution in [2.24, 2.45) is 0 Å². The molecule has 1 saturated heterocycles. The monoisotopic (exact) mass is 277 g/mol. The average molecular weight is 277 g/mol. The van der Waals surface area contributed by atoms with Crippen molar-refractivity contribution in [2.45, 2.75) is 6.04 Å². The van der Waals surface area contributed by atoms with Gasteiger partial charge < -0.3 is 15.4 Å².